The first-order chi connectivity index (χ1) is 16.2. The maximum atomic E-state index is 13.6. The van der Waals surface area contributed by atoms with Crippen molar-refractivity contribution in [1.29, 1.82) is 0 Å². The van der Waals surface area contributed by atoms with Gasteiger partial charge in [-0.3, -0.25) is 18.7 Å². The number of hydrogen-bond donors (Lipinski definition) is 2. The summed E-state index contributed by atoms with van der Waals surface area (Å²) in [6, 6.07) is 8.12. The van der Waals surface area contributed by atoms with Gasteiger partial charge in [-0.1, -0.05) is 42.0 Å². The van der Waals surface area contributed by atoms with Gasteiger partial charge in [-0.2, -0.15) is 4.98 Å². The third-order valence-electron chi connectivity index (χ3n) is 6.19. The van der Waals surface area contributed by atoms with E-state index in [0.717, 1.165) is 10.1 Å². The van der Waals surface area contributed by atoms with Crippen molar-refractivity contribution >= 4 is 22.9 Å². The summed E-state index contributed by atoms with van der Waals surface area (Å²) in [6.07, 6.45) is 1.84. The van der Waals surface area contributed by atoms with Crippen LogP contribution in [-0.2, 0) is 20.1 Å². The molecule has 10 nitrogen and oxygen atoms in total. The van der Waals surface area contributed by atoms with Crippen LogP contribution < -0.4 is 21.9 Å². The summed E-state index contributed by atoms with van der Waals surface area (Å²) in [5.41, 5.74) is 6.90. The highest BCUT2D eigenvalue weighted by molar-refractivity contribution is 5.95. The summed E-state index contributed by atoms with van der Waals surface area (Å²) < 4.78 is 4.03. The fourth-order valence-corrected chi connectivity index (χ4v) is 4.20. The van der Waals surface area contributed by atoms with Crippen molar-refractivity contribution in [2.75, 3.05) is 18.0 Å². The van der Waals surface area contributed by atoms with Crippen LogP contribution in [0.25, 0.3) is 11.2 Å². The highest BCUT2D eigenvalue weighted by atomic mass is 16.3. The monoisotopic (exact) mass is 466 g/mol. The number of nitrogens with zero attached hydrogens (tertiary/aromatic N) is 5. The maximum absolute atomic E-state index is 13.6. The van der Waals surface area contributed by atoms with E-state index in [4.69, 9.17) is 5.73 Å². The molecule has 2 unspecified atom stereocenters. The summed E-state index contributed by atoms with van der Waals surface area (Å²) >= 11 is 0. The second kappa shape index (κ2) is 9.40. The van der Waals surface area contributed by atoms with Crippen LogP contribution in [0.5, 0.6) is 0 Å². The number of imidazole rings is 1. The number of allylic oxidation sites excluding steroid dienone is 2. The van der Waals surface area contributed by atoms with Gasteiger partial charge >= 0.3 is 5.69 Å². The Labute approximate surface area is 196 Å². The molecule has 1 aliphatic heterocycles. The predicted molar refractivity (Wildman–Crippen MR) is 130 cm³/mol. The Hall–Kier alpha value is -3.50. The van der Waals surface area contributed by atoms with E-state index in [1.54, 1.807) is 41.9 Å². The number of rotatable bonds is 6. The quantitative estimate of drug-likeness (QED) is 0.403. The molecule has 4 rings (SSSR count). The minimum atomic E-state index is -0.606. The van der Waals surface area contributed by atoms with E-state index in [-0.39, 0.29) is 23.5 Å². The van der Waals surface area contributed by atoms with Gasteiger partial charge in [-0.25, -0.2) is 4.79 Å². The third kappa shape index (κ3) is 4.34. The number of anilines is 1. The van der Waals surface area contributed by atoms with E-state index in [1.807, 2.05) is 24.8 Å². The minimum absolute atomic E-state index is 0.246. The molecule has 10 heteroatoms. The van der Waals surface area contributed by atoms with E-state index in [1.165, 1.54) is 4.57 Å². The summed E-state index contributed by atoms with van der Waals surface area (Å²) in [5, 5.41) is 10.0. The molecule has 2 aromatic heterocycles. The standard InChI is InChI=1S/C24H30N6O4/c1-15(2)9-12-29-20-21(26-23(29)28-11-10-18(31)17(25)13-28)27(3)24(34)30(22(20)33)14-19(32)16-7-5-4-6-8-16/h4-9,17-18,31H,10-14,25H2,1-3H3. The third-order valence-corrected chi connectivity index (χ3v) is 6.19. The second-order valence-corrected chi connectivity index (χ2v) is 8.96. The Bertz CT molecular complexity index is 1360. The van der Waals surface area contributed by atoms with Crippen LogP contribution >= 0.6 is 0 Å². The molecular formula is C24H30N6O4. The molecule has 0 spiro atoms. The first kappa shape index (κ1) is 23.7. The number of benzene rings is 1. The molecule has 0 aliphatic carbocycles. The first-order valence-electron chi connectivity index (χ1n) is 11.3. The number of carbonyl (C=O) groups is 1. The Balaban J connectivity index is 1.88. The molecule has 3 aromatic rings. The van der Waals surface area contributed by atoms with Crippen molar-refractivity contribution in [1.82, 2.24) is 18.7 Å². The molecule has 1 aromatic carbocycles. The van der Waals surface area contributed by atoms with Crippen LogP contribution in [0.2, 0.25) is 0 Å². The fourth-order valence-electron chi connectivity index (χ4n) is 4.20. The van der Waals surface area contributed by atoms with E-state index in [2.05, 4.69) is 4.98 Å². The topological polar surface area (TPSA) is 128 Å². The lowest BCUT2D eigenvalue weighted by Crippen LogP contribution is -2.52. The van der Waals surface area contributed by atoms with Gasteiger partial charge in [0.1, 0.15) is 0 Å². The normalized spacial score (nSPS) is 18.3. The van der Waals surface area contributed by atoms with Gasteiger partial charge in [-0.15, -0.1) is 0 Å². The molecule has 1 aliphatic rings. The number of hydrogen-bond acceptors (Lipinski definition) is 7. The van der Waals surface area contributed by atoms with E-state index in [0.29, 0.717) is 37.6 Å². The van der Waals surface area contributed by atoms with Gasteiger partial charge in [0.2, 0.25) is 5.95 Å². The maximum Gasteiger partial charge on any atom is 0.332 e. The SMILES string of the molecule is CC(C)=CCn1c(N2CCC(O)C(N)C2)nc2c1c(=O)n(CC(=O)c1ccccc1)c(=O)n2C. The van der Waals surface area contributed by atoms with Gasteiger partial charge in [0, 0.05) is 38.3 Å². The largest absolute Gasteiger partial charge is 0.391 e. The molecule has 2 atom stereocenters. The summed E-state index contributed by atoms with van der Waals surface area (Å²) in [5.74, 6) is 0.180. The van der Waals surface area contributed by atoms with Crippen molar-refractivity contribution in [3.05, 3.63) is 68.4 Å². The second-order valence-electron chi connectivity index (χ2n) is 8.96. The Morgan fingerprint density at radius 2 is 1.91 bits per heavy atom. The van der Waals surface area contributed by atoms with Crippen LogP contribution in [0.15, 0.2) is 51.6 Å². The Morgan fingerprint density at radius 3 is 2.56 bits per heavy atom. The number of fused-ring (bicyclic) bond motifs is 1. The molecule has 1 fully saturated rings. The highest BCUT2D eigenvalue weighted by Crippen LogP contribution is 2.23. The zero-order valence-electron chi connectivity index (χ0n) is 19.6. The molecule has 3 heterocycles. The van der Waals surface area contributed by atoms with Gasteiger partial charge in [0.15, 0.2) is 16.9 Å². The number of aliphatic hydroxyl groups is 1. The molecule has 0 amide bonds. The Kier molecular flexibility index (Phi) is 6.54. The smallest absolute Gasteiger partial charge is 0.332 e. The highest BCUT2D eigenvalue weighted by Gasteiger charge is 2.30. The molecule has 3 N–H and O–H groups in total. The van der Waals surface area contributed by atoms with Gasteiger partial charge < -0.3 is 20.3 Å². The minimum Gasteiger partial charge on any atom is -0.391 e. The number of Topliss-reactive ketones (excluding diaryl/α,β-unsaturated/α-hetero) is 1. The van der Waals surface area contributed by atoms with Crippen LogP contribution in [0.4, 0.5) is 5.95 Å². The molecule has 0 saturated carbocycles. The molecule has 0 radical (unpaired) electrons. The van der Waals surface area contributed by atoms with Gasteiger partial charge in [0.25, 0.3) is 5.56 Å². The van der Waals surface area contributed by atoms with Crippen molar-refractivity contribution in [3.8, 4) is 0 Å². The van der Waals surface area contributed by atoms with Crippen LogP contribution in [0.3, 0.4) is 0 Å². The number of aromatic nitrogens is 4. The van der Waals surface area contributed by atoms with Crippen molar-refractivity contribution in [3.63, 3.8) is 0 Å². The van der Waals surface area contributed by atoms with Crippen molar-refractivity contribution in [2.24, 2.45) is 12.8 Å². The van der Waals surface area contributed by atoms with Gasteiger partial charge in [-0.05, 0) is 20.3 Å². The molecular weight excluding hydrogens is 436 g/mol. The zero-order chi connectivity index (χ0) is 24.6. The van der Waals surface area contributed by atoms with Crippen LogP contribution in [0, 0.1) is 0 Å². The number of aliphatic hydroxyl groups excluding tert-OH is 1. The predicted octanol–water partition coefficient (Wildman–Crippen LogP) is 0.644. The molecule has 0 bridgehead atoms. The first-order valence-corrected chi connectivity index (χ1v) is 11.3. The Morgan fingerprint density at radius 1 is 1.21 bits per heavy atom. The van der Waals surface area contributed by atoms with Gasteiger partial charge in [0.05, 0.1) is 12.6 Å². The molecule has 34 heavy (non-hydrogen) atoms. The zero-order valence-corrected chi connectivity index (χ0v) is 19.6. The number of ketones is 1. The summed E-state index contributed by atoms with van der Waals surface area (Å²) in [6.45, 7) is 4.80. The number of piperidine rings is 1. The summed E-state index contributed by atoms with van der Waals surface area (Å²) in [7, 11) is 1.54. The van der Waals surface area contributed by atoms with Crippen molar-refractivity contribution in [2.45, 2.75) is 45.5 Å². The van der Waals surface area contributed by atoms with Crippen LogP contribution in [0.1, 0.15) is 30.6 Å². The van der Waals surface area contributed by atoms with Crippen LogP contribution in [-0.4, -0.2) is 54.8 Å². The molecule has 180 valence electrons. The number of nitrogens with two attached hydrogens (primary N) is 1. The number of aryl methyl sites for hydroxylation is 1. The lowest BCUT2D eigenvalue weighted by Gasteiger charge is -2.34. The average Bonchev–Trinajstić information content (AvgIpc) is 3.21. The number of carbonyl (C=O) groups excluding carboxylic acids is 1. The average molecular weight is 467 g/mol. The summed E-state index contributed by atoms with van der Waals surface area (Å²) in [4.78, 5) is 46.0. The fraction of sp³-hybridized carbons (Fsp3) is 0.417. The lowest BCUT2D eigenvalue weighted by atomic mass is 10.0. The lowest BCUT2D eigenvalue weighted by molar-refractivity contribution is 0.0969. The molecule has 1 saturated heterocycles. The van der Waals surface area contributed by atoms with Crippen molar-refractivity contribution < 1.29 is 9.90 Å². The van der Waals surface area contributed by atoms with E-state index < -0.39 is 23.4 Å². The van der Waals surface area contributed by atoms with E-state index >= 15 is 0 Å². The van der Waals surface area contributed by atoms with E-state index in [9.17, 15) is 19.5 Å².